The largest absolute Gasteiger partial charge is 0.381 e. The van der Waals surface area contributed by atoms with Crippen molar-refractivity contribution < 1.29 is 4.74 Å². The van der Waals surface area contributed by atoms with E-state index >= 15 is 0 Å². The minimum Gasteiger partial charge on any atom is -0.381 e. The van der Waals surface area contributed by atoms with E-state index in [2.05, 4.69) is 13.8 Å². The zero-order valence-corrected chi connectivity index (χ0v) is 10.1. The van der Waals surface area contributed by atoms with Crippen LogP contribution >= 0.6 is 0 Å². The van der Waals surface area contributed by atoms with E-state index in [9.17, 15) is 0 Å². The summed E-state index contributed by atoms with van der Waals surface area (Å²) in [4.78, 5) is 0. The van der Waals surface area contributed by atoms with Crippen LogP contribution in [0.1, 0.15) is 58.8 Å². The maximum absolute atomic E-state index is 5.56. The quantitative estimate of drug-likeness (QED) is 0.648. The molecule has 1 aliphatic carbocycles. The number of ether oxygens (including phenoxy) is 1. The first-order chi connectivity index (χ1) is 6.72. The summed E-state index contributed by atoms with van der Waals surface area (Å²) in [7, 11) is 1.87. The van der Waals surface area contributed by atoms with E-state index in [-0.39, 0.29) is 0 Å². The highest BCUT2D eigenvalue weighted by Gasteiger charge is 2.19. The summed E-state index contributed by atoms with van der Waals surface area (Å²) in [6.45, 7) is 4.57. The zero-order valence-electron chi connectivity index (χ0n) is 10.1. The Balaban J connectivity index is 2.23. The SMILES string of the molecule is COC(CC(C)C)CC1CCCCC1. The number of hydrogen-bond acceptors (Lipinski definition) is 1. The minimum absolute atomic E-state index is 0.512. The van der Waals surface area contributed by atoms with E-state index in [0.29, 0.717) is 6.10 Å². The third-order valence-electron chi connectivity index (χ3n) is 3.39. The molecule has 84 valence electrons. The Morgan fingerprint density at radius 1 is 1.14 bits per heavy atom. The van der Waals surface area contributed by atoms with Crippen LogP contribution in [0.3, 0.4) is 0 Å². The summed E-state index contributed by atoms with van der Waals surface area (Å²) in [5.74, 6) is 1.72. The molecule has 0 radical (unpaired) electrons. The normalized spacial score (nSPS) is 21.4. The van der Waals surface area contributed by atoms with Crippen molar-refractivity contribution in [3.8, 4) is 0 Å². The Morgan fingerprint density at radius 2 is 1.79 bits per heavy atom. The highest BCUT2D eigenvalue weighted by Crippen LogP contribution is 2.29. The van der Waals surface area contributed by atoms with Gasteiger partial charge in [-0.15, -0.1) is 0 Å². The lowest BCUT2D eigenvalue weighted by molar-refractivity contribution is 0.0576. The lowest BCUT2D eigenvalue weighted by Crippen LogP contribution is -2.19. The minimum atomic E-state index is 0.512. The highest BCUT2D eigenvalue weighted by molar-refractivity contribution is 4.71. The Hall–Kier alpha value is -0.0400. The van der Waals surface area contributed by atoms with Gasteiger partial charge in [0.15, 0.2) is 0 Å². The van der Waals surface area contributed by atoms with Crippen molar-refractivity contribution in [2.45, 2.75) is 64.9 Å². The van der Waals surface area contributed by atoms with Crippen molar-refractivity contribution in [1.29, 1.82) is 0 Å². The molecule has 14 heavy (non-hydrogen) atoms. The fourth-order valence-corrected chi connectivity index (χ4v) is 2.61. The predicted molar refractivity (Wildman–Crippen MR) is 61.4 cm³/mol. The molecule has 0 saturated heterocycles. The third-order valence-corrected chi connectivity index (χ3v) is 3.39. The van der Waals surface area contributed by atoms with Crippen molar-refractivity contribution in [2.75, 3.05) is 7.11 Å². The topological polar surface area (TPSA) is 9.23 Å². The van der Waals surface area contributed by atoms with Gasteiger partial charge in [-0.2, -0.15) is 0 Å². The maximum Gasteiger partial charge on any atom is 0.0576 e. The Labute approximate surface area is 89.2 Å². The van der Waals surface area contributed by atoms with Crippen LogP contribution in [-0.4, -0.2) is 13.2 Å². The zero-order chi connectivity index (χ0) is 10.4. The van der Waals surface area contributed by atoms with Crippen molar-refractivity contribution in [3.05, 3.63) is 0 Å². The summed E-state index contributed by atoms with van der Waals surface area (Å²) < 4.78 is 5.56. The number of hydrogen-bond donors (Lipinski definition) is 0. The standard InChI is InChI=1S/C13H26O/c1-11(2)9-13(14-3)10-12-7-5-4-6-8-12/h11-13H,4-10H2,1-3H3. The second kappa shape index (κ2) is 6.44. The van der Waals surface area contributed by atoms with E-state index in [1.165, 1.54) is 44.9 Å². The van der Waals surface area contributed by atoms with Crippen LogP contribution in [0.5, 0.6) is 0 Å². The van der Waals surface area contributed by atoms with Gasteiger partial charge in [0.25, 0.3) is 0 Å². The van der Waals surface area contributed by atoms with E-state index in [0.717, 1.165) is 11.8 Å². The van der Waals surface area contributed by atoms with Gasteiger partial charge in [-0.1, -0.05) is 46.0 Å². The lowest BCUT2D eigenvalue weighted by Gasteiger charge is -2.26. The molecule has 0 aliphatic heterocycles. The maximum atomic E-state index is 5.56. The van der Waals surface area contributed by atoms with Crippen LogP contribution in [0.2, 0.25) is 0 Å². The summed E-state index contributed by atoms with van der Waals surface area (Å²) in [6.07, 6.45) is 10.3. The number of rotatable bonds is 5. The average molecular weight is 198 g/mol. The van der Waals surface area contributed by atoms with Crippen molar-refractivity contribution in [1.82, 2.24) is 0 Å². The fourth-order valence-electron chi connectivity index (χ4n) is 2.61. The van der Waals surface area contributed by atoms with Crippen LogP contribution in [0.25, 0.3) is 0 Å². The molecule has 1 aliphatic rings. The predicted octanol–water partition coefficient (Wildman–Crippen LogP) is 4.02. The first-order valence-electron chi connectivity index (χ1n) is 6.25. The molecule has 1 nitrogen and oxygen atoms in total. The van der Waals surface area contributed by atoms with E-state index in [1.807, 2.05) is 7.11 Å². The van der Waals surface area contributed by atoms with Gasteiger partial charge in [-0.3, -0.25) is 0 Å². The van der Waals surface area contributed by atoms with Gasteiger partial charge in [0.1, 0.15) is 0 Å². The smallest absolute Gasteiger partial charge is 0.0576 e. The molecule has 1 atom stereocenters. The fraction of sp³-hybridized carbons (Fsp3) is 1.00. The Bertz CT molecular complexity index is 136. The molecule has 1 fully saturated rings. The lowest BCUT2D eigenvalue weighted by atomic mass is 9.84. The molecule has 0 heterocycles. The van der Waals surface area contributed by atoms with Gasteiger partial charge in [-0.05, 0) is 24.7 Å². The molecule has 0 aromatic rings. The van der Waals surface area contributed by atoms with E-state index in [1.54, 1.807) is 0 Å². The van der Waals surface area contributed by atoms with Gasteiger partial charge in [-0.25, -0.2) is 0 Å². The van der Waals surface area contributed by atoms with Crippen LogP contribution in [0, 0.1) is 11.8 Å². The van der Waals surface area contributed by atoms with Crippen molar-refractivity contribution >= 4 is 0 Å². The van der Waals surface area contributed by atoms with Crippen LogP contribution in [-0.2, 0) is 4.74 Å². The van der Waals surface area contributed by atoms with Gasteiger partial charge < -0.3 is 4.74 Å². The Morgan fingerprint density at radius 3 is 2.29 bits per heavy atom. The first-order valence-corrected chi connectivity index (χ1v) is 6.25. The molecule has 0 bridgehead atoms. The summed E-state index contributed by atoms with van der Waals surface area (Å²) >= 11 is 0. The van der Waals surface area contributed by atoms with Gasteiger partial charge in [0, 0.05) is 7.11 Å². The molecule has 1 saturated carbocycles. The van der Waals surface area contributed by atoms with Crippen LogP contribution < -0.4 is 0 Å². The van der Waals surface area contributed by atoms with Crippen molar-refractivity contribution in [2.24, 2.45) is 11.8 Å². The molecule has 1 rings (SSSR count). The second-order valence-corrected chi connectivity index (χ2v) is 5.23. The van der Waals surface area contributed by atoms with Crippen molar-refractivity contribution in [3.63, 3.8) is 0 Å². The molecule has 1 heteroatoms. The molecular weight excluding hydrogens is 172 g/mol. The summed E-state index contributed by atoms with van der Waals surface area (Å²) in [5, 5.41) is 0. The molecule has 0 aromatic heterocycles. The van der Waals surface area contributed by atoms with Crippen LogP contribution in [0.15, 0.2) is 0 Å². The summed E-state index contributed by atoms with van der Waals surface area (Å²) in [5.41, 5.74) is 0. The second-order valence-electron chi connectivity index (χ2n) is 5.23. The van der Waals surface area contributed by atoms with Gasteiger partial charge in [0.2, 0.25) is 0 Å². The van der Waals surface area contributed by atoms with E-state index in [4.69, 9.17) is 4.74 Å². The number of methoxy groups -OCH3 is 1. The highest BCUT2D eigenvalue weighted by atomic mass is 16.5. The monoisotopic (exact) mass is 198 g/mol. The Kier molecular flexibility index (Phi) is 5.54. The van der Waals surface area contributed by atoms with E-state index < -0.39 is 0 Å². The first kappa shape index (κ1) is 12.0. The molecule has 0 aromatic carbocycles. The van der Waals surface area contributed by atoms with Gasteiger partial charge in [0.05, 0.1) is 6.10 Å². The molecule has 0 spiro atoms. The molecule has 0 N–H and O–H groups in total. The molecular formula is C13H26O. The van der Waals surface area contributed by atoms with Crippen LogP contribution in [0.4, 0.5) is 0 Å². The van der Waals surface area contributed by atoms with Gasteiger partial charge >= 0.3 is 0 Å². The molecule has 1 unspecified atom stereocenters. The summed E-state index contributed by atoms with van der Waals surface area (Å²) in [6, 6.07) is 0. The third kappa shape index (κ3) is 4.45. The molecule has 0 amide bonds. The average Bonchev–Trinajstić information content (AvgIpc) is 2.17.